The van der Waals surface area contributed by atoms with E-state index in [0.717, 1.165) is 32.5 Å². The summed E-state index contributed by atoms with van der Waals surface area (Å²) in [7, 11) is 3.96. The summed E-state index contributed by atoms with van der Waals surface area (Å²) in [6.07, 6.45) is 3.39. The highest BCUT2D eigenvalue weighted by atomic mass is 16.5. The van der Waals surface area contributed by atoms with Crippen molar-refractivity contribution in [3.05, 3.63) is 0 Å². The van der Waals surface area contributed by atoms with Crippen molar-refractivity contribution in [3.63, 3.8) is 0 Å². The number of hydrogen-bond donors (Lipinski definition) is 1. The van der Waals surface area contributed by atoms with E-state index in [0.29, 0.717) is 6.04 Å². The van der Waals surface area contributed by atoms with E-state index in [4.69, 9.17) is 10.5 Å². The van der Waals surface area contributed by atoms with Gasteiger partial charge in [0.1, 0.15) is 0 Å². The maximum absolute atomic E-state index is 6.18. The van der Waals surface area contributed by atoms with Gasteiger partial charge in [-0.1, -0.05) is 0 Å². The van der Waals surface area contributed by atoms with Crippen LogP contribution in [0, 0.1) is 0 Å². The van der Waals surface area contributed by atoms with Crippen LogP contribution in [0.2, 0.25) is 0 Å². The third-order valence-corrected chi connectivity index (χ3v) is 3.58. The molecule has 0 aromatic carbocycles. The SMILES string of the molecule is COCCCC(N)CN1CCCN(C)CC1C. The molecule has 0 saturated carbocycles. The highest BCUT2D eigenvalue weighted by molar-refractivity contribution is 4.78. The normalized spacial score (nSPS) is 25.8. The van der Waals surface area contributed by atoms with Crippen LogP contribution >= 0.6 is 0 Å². The van der Waals surface area contributed by atoms with Crippen LogP contribution in [-0.2, 0) is 4.74 Å². The molecule has 102 valence electrons. The van der Waals surface area contributed by atoms with E-state index < -0.39 is 0 Å². The van der Waals surface area contributed by atoms with E-state index in [1.807, 2.05) is 0 Å². The third-order valence-electron chi connectivity index (χ3n) is 3.58. The summed E-state index contributed by atoms with van der Waals surface area (Å²) in [6.45, 7) is 7.71. The first-order valence-corrected chi connectivity index (χ1v) is 6.80. The van der Waals surface area contributed by atoms with Gasteiger partial charge in [-0.05, 0) is 46.3 Å². The van der Waals surface area contributed by atoms with Gasteiger partial charge in [0.15, 0.2) is 0 Å². The molecule has 0 amide bonds. The molecule has 4 heteroatoms. The molecule has 2 unspecified atom stereocenters. The second-order valence-electron chi connectivity index (χ2n) is 5.35. The lowest BCUT2D eigenvalue weighted by Crippen LogP contribution is -2.44. The molecule has 0 radical (unpaired) electrons. The number of ether oxygens (including phenoxy) is 1. The number of rotatable bonds is 6. The molecule has 1 saturated heterocycles. The highest BCUT2D eigenvalue weighted by Gasteiger charge is 2.20. The fraction of sp³-hybridized carbons (Fsp3) is 1.00. The summed E-state index contributed by atoms with van der Waals surface area (Å²) in [4.78, 5) is 4.96. The summed E-state index contributed by atoms with van der Waals surface area (Å²) >= 11 is 0. The number of nitrogens with two attached hydrogens (primary N) is 1. The van der Waals surface area contributed by atoms with E-state index in [2.05, 4.69) is 23.8 Å². The Morgan fingerprint density at radius 3 is 2.88 bits per heavy atom. The largest absolute Gasteiger partial charge is 0.385 e. The van der Waals surface area contributed by atoms with Crippen LogP contribution in [0.5, 0.6) is 0 Å². The summed E-state index contributed by atoms with van der Waals surface area (Å²) in [5.74, 6) is 0. The van der Waals surface area contributed by atoms with Gasteiger partial charge in [-0.2, -0.15) is 0 Å². The Morgan fingerprint density at radius 1 is 1.41 bits per heavy atom. The van der Waals surface area contributed by atoms with Crippen molar-refractivity contribution in [3.8, 4) is 0 Å². The smallest absolute Gasteiger partial charge is 0.0462 e. The van der Waals surface area contributed by atoms with Gasteiger partial charge in [-0.15, -0.1) is 0 Å². The number of nitrogens with zero attached hydrogens (tertiary/aromatic N) is 2. The predicted octanol–water partition coefficient (Wildman–Crippen LogP) is 0.766. The molecular weight excluding hydrogens is 214 g/mol. The van der Waals surface area contributed by atoms with E-state index in [1.165, 1.54) is 19.5 Å². The molecule has 2 N–H and O–H groups in total. The van der Waals surface area contributed by atoms with Gasteiger partial charge >= 0.3 is 0 Å². The van der Waals surface area contributed by atoms with Crippen molar-refractivity contribution in [2.45, 2.75) is 38.3 Å². The molecule has 0 spiro atoms. The monoisotopic (exact) mass is 243 g/mol. The van der Waals surface area contributed by atoms with Crippen LogP contribution in [0.4, 0.5) is 0 Å². The first kappa shape index (κ1) is 14.9. The summed E-state index contributed by atoms with van der Waals surface area (Å²) in [5.41, 5.74) is 6.18. The van der Waals surface area contributed by atoms with Gasteiger partial charge in [0, 0.05) is 38.9 Å². The van der Waals surface area contributed by atoms with Crippen LogP contribution in [0.25, 0.3) is 0 Å². The van der Waals surface area contributed by atoms with Crippen molar-refractivity contribution in [1.29, 1.82) is 0 Å². The van der Waals surface area contributed by atoms with Gasteiger partial charge in [0.2, 0.25) is 0 Å². The molecule has 4 nitrogen and oxygen atoms in total. The van der Waals surface area contributed by atoms with Crippen LogP contribution in [0.15, 0.2) is 0 Å². The van der Waals surface area contributed by atoms with Crippen LogP contribution in [0.1, 0.15) is 26.2 Å². The molecule has 1 aliphatic heterocycles. The minimum atomic E-state index is 0.288. The van der Waals surface area contributed by atoms with Crippen molar-refractivity contribution in [1.82, 2.24) is 9.80 Å². The molecule has 1 heterocycles. The van der Waals surface area contributed by atoms with Crippen LogP contribution in [0.3, 0.4) is 0 Å². The molecule has 0 aliphatic carbocycles. The van der Waals surface area contributed by atoms with Gasteiger partial charge in [-0.25, -0.2) is 0 Å². The Balaban J connectivity index is 2.28. The van der Waals surface area contributed by atoms with Crippen molar-refractivity contribution in [2.75, 3.05) is 46.9 Å². The fourth-order valence-corrected chi connectivity index (χ4v) is 2.58. The zero-order chi connectivity index (χ0) is 12.7. The topological polar surface area (TPSA) is 41.7 Å². The van der Waals surface area contributed by atoms with Crippen molar-refractivity contribution >= 4 is 0 Å². The van der Waals surface area contributed by atoms with Crippen molar-refractivity contribution in [2.24, 2.45) is 5.73 Å². The molecule has 2 atom stereocenters. The lowest BCUT2D eigenvalue weighted by molar-refractivity contribution is 0.171. The lowest BCUT2D eigenvalue weighted by atomic mass is 10.1. The molecule has 1 fully saturated rings. The van der Waals surface area contributed by atoms with Gasteiger partial charge < -0.3 is 15.4 Å². The van der Waals surface area contributed by atoms with Crippen molar-refractivity contribution < 1.29 is 4.74 Å². The quantitative estimate of drug-likeness (QED) is 0.700. The molecule has 1 aliphatic rings. The first-order valence-electron chi connectivity index (χ1n) is 6.80. The Bertz CT molecular complexity index is 201. The Labute approximate surface area is 106 Å². The molecule has 1 rings (SSSR count). The highest BCUT2D eigenvalue weighted by Crippen LogP contribution is 2.10. The summed E-state index contributed by atoms with van der Waals surface area (Å²) in [5, 5.41) is 0. The van der Waals surface area contributed by atoms with Gasteiger partial charge in [0.05, 0.1) is 0 Å². The zero-order valence-electron chi connectivity index (χ0n) is 11.7. The fourth-order valence-electron chi connectivity index (χ4n) is 2.58. The standard InChI is InChI=1S/C13H29N3O/c1-12-10-15(2)7-5-8-16(12)11-13(14)6-4-9-17-3/h12-13H,4-11,14H2,1-3H3. The Hall–Kier alpha value is -0.160. The molecule has 0 bridgehead atoms. The minimum Gasteiger partial charge on any atom is -0.385 e. The maximum Gasteiger partial charge on any atom is 0.0462 e. The molecular formula is C13H29N3O. The second-order valence-corrected chi connectivity index (χ2v) is 5.35. The average Bonchev–Trinajstić information content (AvgIpc) is 2.41. The third kappa shape index (κ3) is 5.82. The maximum atomic E-state index is 6.18. The Kier molecular flexibility index (Phi) is 7.04. The van der Waals surface area contributed by atoms with Crippen LogP contribution < -0.4 is 5.73 Å². The van der Waals surface area contributed by atoms with Gasteiger partial charge in [-0.3, -0.25) is 4.90 Å². The van der Waals surface area contributed by atoms with Gasteiger partial charge in [0.25, 0.3) is 0 Å². The second kappa shape index (κ2) is 8.03. The molecule has 17 heavy (non-hydrogen) atoms. The molecule has 0 aromatic heterocycles. The van der Waals surface area contributed by atoms with E-state index in [-0.39, 0.29) is 6.04 Å². The number of hydrogen-bond acceptors (Lipinski definition) is 4. The number of likely N-dealkylation sites (N-methyl/N-ethyl adjacent to an activating group) is 1. The zero-order valence-corrected chi connectivity index (χ0v) is 11.7. The first-order chi connectivity index (χ1) is 8.13. The average molecular weight is 243 g/mol. The molecule has 0 aromatic rings. The van der Waals surface area contributed by atoms with E-state index in [1.54, 1.807) is 7.11 Å². The van der Waals surface area contributed by atoms with Crippen LogP contribution in [-0.4, -0.2) is 68.8 Å². The Morgan fingerprint density at radius 2 is 2.18 bits per heavy atom. The minimum absolute atomic E-state index is 0.288. The predicted molar refractivity (Wildman–Crippen MR) is 72.2 cm³/mol. The van der Waals surface area contributed by atoms with E-state index >= 15 is 0 Å². The van der Waals surface area contributed by atoms with E-state index in [9.17, 15) is 0 Å². The summed E-state index contributed by atoms with van der Waals surface area (Å²) in [6, 6.07) is 0.909. The summed E-state index contributed by atoms with van der Waals surface area (Å²) < 4.78 is 5.06. The number of methoxy groups -OCH3 is 1. The lowest BCUT2D eigenvalue weighted by Gasteiger charge is -2.30.